The van der Waals surface area contributed by atoms with E-state index in [9.17, 15) is 4.79 Å². The number of aliphatic hydroxyl groups is 1. The van der Waals surface area contributed by atoms with Crippen LogP contribution in [-0.2, 0) is 9.53 Å². The van der Waals surface area contributed by atoms with Gasteiger partial charge >= 0.3 is 5.97 Å². The normalized spacial score (nSPS) is 21.9. The van der Waals surface area contributed by atoms with Crippen LogP contribution in [0.2, 0.25) is 0 Å². The van der Waals surface area contributed by atoms with Gasteiger partial charge in [0.25, 0.3) is 0 Å². The zero-order valence-electron chi connectivity index (χ0n) is 6.96. The Bertz CT molecular complexity index is 110. The van der Waals surface area contributed by atoms with Gasteiger partial charge in [-0.25, -0.2) is 0 Å². The maximum atomic E-state index is 10.7. The molecule has 0 radical (unpaired) electrons. The average Bonchev–Trinajstić information content (AvgIpc) is 2.59. The van der Waals surface area contributed by atoms with Gasteiger partial charge in [-0.1, -0.05) is 0 Å². The molecular formula is C7H15NO3. The zero-order chi connectivity index (χ0) is 8.69. The molecule has 4 nitrogen and oxygen atoms in total. The Balaban J connectivity index is 0.000000461. The molecule has 11 heavy (non-hydrogen) atoms. The summed E-state index contributed by atoms with van der Waals surface area (Å²) in [5.41, 5.74) is 0. The second kappa shape index (κ2) is 6.12. The molecule has 1 heterocycles. The zero-order valence-corrected chi connectivity index (χ0v) is 6.96. The van der Waals surface area contributed by atoms with Gasteiger partial charge in [0.1, 0.15) is 6.04 Å². The summed E-state index contributed by atoms with van der Waals surface area (Å²) in [6, 6.07) is -0.0324. The molecule has 0 bridgehead atoms. The summed E-state index contributed by atoms with van der Waals surface area (Å²) >= 11 is 0. The fourth-order valence-electron chi connectivity index (χ4n) is 1.03. The van der Waals surface area contributed by atoms with Crippen molar-refractivity contribution in [1.29, 1.82) is 0 Å². The molecule has 0 aromatic heterocycles. The topological polar surface area (TPSA) is 58.6 Å². The molecule has 1 aliphatic rings. The molecular weight excluding hydrogens is 146 g/mol. The van der Waals surface area contributed by atoms with E-state index in [1.54, 1.807) is 0 Å². The summed E-state index contributed by atoms with van der Waals surface area (Å²) < 4.78 is 4.53. The Kier molecular flexibility index (Phi) is 5.78. The van der Waals surface area contributed by atoms with Crippen LogP contribution in [0.4, 0.5) is 0 Å². The minimum absolute atomic E-state index is 0.0324. The van der Waals surface area contributed by atoms with Gasteiger partial charge in [-0.15, -0.1) is 0 Å². The predicted molar refractivity (Wildman–Crippen MR) is 41.2 cm³/mol. The van der Waals surface area contributed by atoms with Crippen molar-refractivity contribution < 1.29 is 14.6 Å². The fraction of sp³-hybridized carbons (Fsp3) is 0.857. The molecule has 1 saturated heterocycles. The standard InChI is InChI=1S/C6H11NO2.CH4O/c1-9-6(8)5-3-2-4-7-5;1-2/h5,7H,2-4H2,1H3;2H,1H3. The minimum atomic E-state index is -0.132. The van der Waals surface area contributed by atoms with Crippen molar-refractivity contribution in [2.75, 3.05) is 20.8 Å². The van der Waals surface area contributed by atoms with Crippen LogP contribution in [0.3, 0.4) is 0 Å². The third kappa shape index (κ3) is 3.34. The third-order valence-electron chi connectivity index (χ3n) is 1.55. The van der Waals surface area contributed by atoms with Gasteiger partial charge in [-0.3, -0.25) is 4.79 Å². The summed E-state index contributed by atoms with van der Waals surface area (Å²) in [5.74, 6) is -0.132. The first-order chi connectivity index (χ1) is 5.34. The molecule has 0 amide bonds. The maximum Gasteiger partial charge on any atom is 0.322 e. The maximum absolute atomic E-state index is 10.7. The summed E-state index contributed by atoms with van der Waals surface area (Å²) in [5, 5.41) is 10.0. The highest BCUT2D eigenvalue weighted by Crippen LogP contribution is 2.05. The molecule has 1 rings (SSSR count). The molecule has 1 atom stereocenters. The van der Waals surface area contributed by atoms with Gasteiger partial charge < -0.3 is 15.2 Å². The summed E-state index contributed by atoms with van der Waals surface area (Å²) in [6.07, 6.45) is 2.01. The van der Waals surface area contributed by atoms with E-state index in [0.717, 1.165) is 26.5 Å². The lowest BCUT2D eigenvalue weighted by Crippen LogP contribution is -2.31. The molecule has 1 unspecified atom stereocenters. The molecule has 0 aromatic rings. The molecule has 0 saturated carbocycles. The summed E-state index contributed by atoms with van der Waals surface area (Å²) in [6.45, 7) is 0.944. The second-order valence-electron chi connectivity index (χ2n) is 2.17. The number of methoxy groups -OCH3 is 1. The Labute approximate surface area is 66.5 Å². The lowest BCUT2D eigenvalue weighted by Gasteiger charge is -2.04. The monoisotopic (exact) mass is 161 g/mol. The number of rotatable bonds is 1. The highest BCUT2D eigenvalue weighted by molar-refractivity contribution is 5.75. The van der Waals surface area contributed by atoms with E-state index in [2.05, 4.69) is 10.1 Å². The van der Waals surface area contributed by atoms with Crippen LogP contribution in [0.15, 0.2) is 0 Å². The van der Waals surface area contributed by atoms with Crippen LogP contribution in [0, 0.1) is 0 Å². The van der Waals surface area contributed by atoms with E-state index in [1.165, 1.54) is 7.11 Å². The summed E-state index contributed by atoms with van der Waals surface area (Å²) in [4.78, 5) is 10.7. The van der Waals surface area contributed by atoms with Gasteiger partial charge in [-0.05, 0) is 19.4 Å². The number of esters is 1. The molecule has 0 spiro atoms. The first-order valence-corrected chi connectivity index (χ1v) is 3.60. The van der Waals surface area contributed by atoms with Crippen LogP contribution >= 0.6 is 0 Å². The van der Waals surface area contributed by atoms with Gasteiger partial charge in [0.15, 0.2) is 0 Å². The van der Waals surface area contributed by atoms with Crippen molar-refractivity contribution in [1.82, 2.24) is 5.32 Å². The highest BCUT2D eigenvalue weighted by atomic mass is 16.5. The molecule has 4 heteroatoms. The second-order valence-corrected chi connectivity index (χ2v) is 2.17. The largest absolute Gasteiger partial charge is 0.468 e. The highest BCUT2D eigenvalue weighted by Gasteiger charge is 2.21. The van der Waals surface area contributed by atoms with Crippen LogP contribution in [0.1, 0.15) is 12.8 Å². The number of aliphatic hydroxyl groups excluding tert-OH is 1. The number of nitrogens with one attached hydrogen (secondary N) is 1. The molecule has 66 valence electrons. The smallest absolute Gasteiger partial charge is 0.322 e. The summed E-state index contributed by atoms with van der Waals surface area (Å²) in [7, 11) is 2.42. The molecule has 0 aliphatic carbocycles. The molecule has 2 N–H and O–H groups in total. The van der Waals surface area contributed by atoms with E-state index in [-0.39, 0.29) is 12.0 Å². The molecule has 1 aliphatic heterocycles. The lowest BCUT2D eigenvalue weighted by atomic mass is 10.2. The van der Waals surface area contributed by atoms with Gasteiger partial charge in [0.05, 0.1) is 7.11 Å². The van der Waals surface area contributed by atoms with E-state index in [1.807, 2.05) is 0 Å². The number of hydrogen-bond donors (Lipinski definition) is 2. The SMILES string of the molecule is CO.COC(=O)C1CCCN1. The van der Waals surface area contributed by atoms with E-state index in [0.29, 0.717) is 0 Å². The molecule has 1 fully saturated rings. The van der Waals surface area contributed by atoms with Crippen molar-refractivity contribution in [2.24, 2.45) is 0 Å². The Hall–Kier alpha value is -0.610. The van der Waals surface area contributed by atoms with Crippen molar-refractivity contribution >= 4 is 5.97 Å². The van der Waals surface area contributed by atoms with Crippen LogP contribution < -0.4 is 5.32 Å². The van der Waals surface area contributed by atoms with Gasteiger partial charge in [0, 0.05) is 7.11 Å². The quantitative estimate of drug-likeness (QED) is 0.510. The van der Waals surface area contributed by atoms with Gasteiger partial charge in [0.2, 0.25) is 0 Å². The van der Waals surface area contributed by atoms with Gasteiger partial charge in [-0.2, -0.15) is 0 Å². The number of carbonyl (C=O) groups is 1. The Morgan fingerprint density at radius 1 is 1.64 bits per heavy atom. The number of hydrogen-bond acceptors (Lipinski definition) is 4. The first kappa shape index (κ1) is 10.4. The Morgan fingerprint density at radius 3 is 2.64 bits per heavy atom. The van der Waals surface area contributed by atoms with Crippen LogP contribution in [-0.4, -0.2) is 37.9 Å². The van der Waals surface area contributed by atoms with Crippen molar-refractivity contribution in [3.05, 3.63) is 0 Å². The number of ether oxygens (including phenoxy) is 1. The van der Waals surface area contributed by atoms with E-state index < -0.39 is 0 Å². The van der Waals surface area contributed by atoms with Crippen LogP contribution in [0.5, 0.6) is 0 Å². The average molecular weight is 161 g/mol. The first-order valence-electron chi connectivity index (χ1n) is 3.60. The lowest BCUT2D eigenvalue weighted by molar-refractivity contribution is -0.142. The fourth-order valence-corrected chi connectivity index (χ4v) is 1.03. The Morgan fingerprint density at radius 2 is 2.27 bits per heavy atom. The van der Waals surface area contributed by atoms with Crippen LogP contribution in [0.25, 0.3) is 0 Å². The number of carbonyl (C=O) groups excluding carboxylic acids is 1. The van der Waals surface area contributed by atoms with Crippen molar-refractivity contribution in [3.63, 3.8) is 0 Å². The minimum Gasteiger partial charge on any atom is -0.468 e. The van der Waals surface area contributed by atoms with E-state index in [4.69, 9.17) is 5.11 Å². The molecule has 0 aromatic carbocycles. The van der Waals surface area contributed by atoms with Crippen molar-refractivity contribution in [3.8, 4) is 0 Å². The van der Waals surface area contributed by atoms with E-state index >= 15 is 0 Å². The van der Waals surface area contributed by atoms with Crippen molar-refractivity contribution in [2.45, 2.75) is 18.9 Å². The predicted octanol–water partition coefficient (Wildman–Crippen LogP) is -0.480. The third-order valence-corrected chi connectivity index (χ3v) is 1.55.